The predicted molar refractivity (Wildman–Crippen MR) is 115 cm³/mol. The maximum absolute atomic E-state index is 13.0. The number of allylic oxidation sites excluding steroid dienone is 1. The number of nitrogens with zero attached hydrogens (tertiary/aromatic N) is 1. The van der Waals surface area contributed by atoms with E-state index in [-0.39, 0.29) is 5.82 Å². The second-order valence-electron chi connectivity index (χ2n) is 5.83. The Balaban J connectivity index is 1.93. The molecular weight excluding hydrogens is 400 g/mol. The van der Waals surface area contributed by atoms with E-state index in [9.17, 15) is 4.39 Å². The molecule has 0 bridgehead atoms. The summed E-state index contributed by atoms with van der Waals surface area (Å²) in [7, 11) is 0. The molecule has 0 fully saturated rings. The van der Waals surface area contributed by atoms with Crippen LogP contribution in [0, 0.1) is 12.7 Å². The van der Waals surface area contributed by atoms with E-state index in [1.165, 1.54) is 29.5 Å². The van der Waals surface area contributed by atoms with Gasteiger partial charge in [0.25, 0.3) is 0 Å². The van der Waals surface area contributed by atoms with Crippen molar-refractivity contribution in [3.05, 3.63) is 105 Å². The molecule has 0 radical (unpaired) electrons. The lowest BCUT2D eigenvalue weighted by atomic mass is 10.1. The largest absolute Gasteiger partial charge is 0.248 e. The first-order valence-electron chi connectivity index (χ1n) is 8.21. The molecule has 3 aromatic rings. The van der Waals surface area contributed by atoms with Gasteiger partial charge in [-0.3, -0.25) is 0 Å². The summed E-state index contributed by atoms with van der Waals surface area (Å²) in [4.78, 5) is 5.66. The topological polar surface area (TPSA) is 12.4 Å². The van der Waals surface area contributed by atoms with Crippen molar-refractivity contribution in [2.75, 3.05) is 0 Å². The monoisotopic (exact) mass is 415 g/mol. The fraction of sp³-hybridized carbons (Fsp3) is 0.0455. The van der Waals surface area contributed by atoms with E-state index < -0.39 is 0 Å². The Morgan fingerprint density at radius 3 is 2.37 bits per heavy atom. The van der Waals surface area contributed by atoms with Crippen LogP contribution in [0.25, 0.3) is 0 Å². The molecular formula is C22H16Cl2FNS. The normalized spacial score (nSPS) is 11.9. The maximum atomic E-state index is 13.0. The minimum atomic E-state index is -0.254. The molecule has 0 aliphatic rings. The van der Waals surface area contributed by atoms with Gasteiger partial charge < -0.3 is 0 Å². The third-order valence-electron chi connectivity index (χ3n) is 3.73. The maximum Gasteiger partial charge on any atom is 0.123 e. The van der Waals surface area contributed by atoms with E-state index in [4.69, 9.17) is 28.2 Å². The van der Waals surface area contributed by atoms with Gasteiger partial charge in [0.1, 0.15) is 5.82 Å². The van der Waals surface area contributed by atoms with Crippen LogP contribution in [-0.4, -0.2) is 5.71 Å². The zero-order valence-electron chi connectivity index (χ0n) is 14.5. The number of rotatable bonds is 5. The molecule has 1 nitrogen and oxygen atoms in total. The van der Waals surface area contributed by atoms with Crippen LogP contribution in [0.4, 0.5) is 10.1 Å². The van der Waals surface area contributed by atoms with Crippen molar-refractivity contribution in [1.82, 2.24) is 0 Å². The van der Waals surface area contributed by atoms with E-state index >= 15 is 0 Å². The fourth-order valence-electron chi connectivity index (χ4n) is 2.33. The number of aryl methyl sites for hydroxylation is 1. The molecule has 0 saturated carbocycles. The van der Waals surface area contributed by atoms with E-state index in [1.54, 1.807) is 30.3 Å². The van der Waals surface area contributed by atoms with Crippen molar-refractivity contribution >= 4 is 46.4 Å². The quantitative estimate of drug-likeness (QED) is 0.305. The SMILES string of the molecule is Cc1ccc(/N=C(/C=C/Sc2ccc(F)cc2)c2cc(Cl)ccc2Cl)cc1. The van der Waals surface area contributed by atoms with Gasteiger partial charge in [0.2, 0.25) is 0 Å². The highest BCUT2D eigenvalue weighted by Crippen LogP contribution is 2.26. The highest BCUT2D eigenvalue weighted by Gasteiger charge is 2.07. The van der Waals surface area contributed by atoms with E-state index in [0.717, 1.165) is 16.1 Å². The fourth-order valence-corrected chi connectivity index (χ4v) is 3.36. The number of benzene rings is 3. The summed E-state index contributed by atoms with van der Waals surface area (Å²) >= 11 is 14.0. The van der Waals surface area contributed by atoms with Crippen molar-refractivity contribution in [2.45, 2.75) is 11.8 Å². The van der Waals surface area contributed by atoms with Crippen molar-refractivity contribution < 1.29 is 4.39 Å². The summed E-state index contributed by atoms with van der Waals surface area (Å²) in [5, 5.41) is 3.06. The van der Waals surface area contributed by atoms with Crippen LogP contribution in [0.3, 0.4) is 0 Å². The minimum Gasteiger partial charge on any atom is -0.248 e. The molecule has 3 aromatic carbocycles. The molecule has 5 heteroatoms. The number of halogens is 3. The first-order chi connectivity index (χ1) is 13.0. The molecule has 0 aliphatic heterocycles. The van der Waals surface area contributed by atoms with Crippen LogP contribution in [0.5, 0.6) is 0 Å². The summed E-state index contributed by atoms with van der Waals surface area (Å²) in [5.41, 5.74) is 3.43. The van der Waals surface area contributed by atoms with E-state index in [0.29, 0.717) is 15.8 Å². The van der Waals surface area contributed by atoms with Crippen LogP contribution in [0.1, 0.15) is 11.1 Å². The smallest absolute Gasteiger partial charge is 0.123 e. The van der Waals surface area contributed by atoms with Crippen molar-refractivity contribution in [3.8, 4) is 0 Å². The summed E-state index contributed by atoms with van der Waals surface area (Å²) in [6.45, 7) is 2.03. The summed E-state index contributed by atoms with van der Waals surface area (Å²) in [5.74, 6) is -0.254. The molecule has 0 aromatic heterocycles. The molecule has 0 unspecified atom stereocenters. The van der Waals surface area contributed by atoms with Gasteiger partial charge in [0.05, 0.1) is 16.4 Å². The van der Waals surface area contributed by atoms with Crippen LogP contribution < -0.4 is 0 Å². The lowest BCUT2D eigenvalue weighted by Gasteiger charge is -2.06. The van der Waals surface area contributed by atoms with Crippen LogP contribution in [0.15, 0.2) is 88.1 Å². The van der Waals surface area contributed by atoms with Crippen molar-refractivity contribution in [2.24, 2.45) is 4.99 Å². The Morgan fingerprint density at radius 2 is 1.67 bits per heavy atom. The molecule has 136 valence electrons. The molecule has 0 N–H and O–H groups in total. The second-order valence-corrected chi connectivity index (χ2v) is 7.65. The predicted octanol–water partition coefficient (Wildman–Crippen LogP) is 7.87. The van der Waals surface area contributed by atoms with Gasteiger partial charge in [0.15, 0.2) is 0 Å². The van der Waals surface area contributed by atoms with Crippen molar-refractivity contribution in [1.29, 1.82) is 0 Å². The zero-order valence-corrected chi connectivity index (χ0v) is 16.8. The highest BCUT2D eigenvalue weighted by atomic mass is 35.5. The number of thioether (sulfide) groups is 1. The first kappa shape index (κ1) is 19.7. The number of hydrogen-bond acceptors (Lipinski definition) is 2. The van der Waals surface area contributed by atoms with Gasteiger partial charge >= 0.3 is 0 Å². The Hall–Kier alpha value is -2.07. The molecule has 0 heterocycles. The zero-order chi connectivity index (χ0) is 19.2. The standard InChI is InChI=1S/C22H16Cl2FNS/c1-15-2-7-18(8-3-15)26-22(20-14-16(23)4-11-21(20)24)12-13-27-19-9-5-17(25)6-10-19/h2-14H,1H3/b13-12+,26-22-. The average Bonchev–Trinajstić information content (AvgIpc) is 2.66. The minimum absolute atomic E-state index is 0.254. The third-order valence-corrected chi connectivity index (χ3v) is 5.11. The average molecular weight is 416 g/mol. The first-order valence-corrected chi connectivity index (χ1v) is 9.84. The molecule has 0 spiro atoms. The molecule has 0 saturated heterocycles. The van der Waals surface area contributed by atoms with Gasteiger partial charge in [-0.1, -0.05) is 52.7 Å². The number of aliphatic imine (C=N–C) groups is 1. The lowest BCUT2D eigenvalue weighted by molar-refractivity contribution is 0.626. The van der Waals surface area contributed by atoms with Crippen molar-refractivity contribution in [3.63, 3.8) is 0 Å². The lowest BCUT2D eigenvalue weighted by Crippen LogP contribution is -1.97. The third kappa shape index (κ3) is 5.70. The summed E-state index contributed by atoms with van der Waals surface area (Å²) in [6.07, 6.45) is 1.88. The van der Waals surface area contributed by atoms with Gasteiger partial charge in [-0.05, 0) is 73.0 Å². The highest BCUT2D eigenvalue weighted by molar-refractivity contribution is 8.02. The van der Waals surface area contributed by atoms with Crippen LogP contribution >= 0.6 is 35.0 Å². The Morgan fingerprint density at radius 1 is 0.963 bits per heavy atom. The van der Waals surface area contributed by atoms with Gasteiger partial charge in [-0.15, -0.1) is 0 Å². The Bertz CT molecular complexity index is 980. The Labute approximate surface area is 172 Å². The van der Waals surface area contributed by atoms with Gasteiger partial charge in [-0.25, -0.2) is 9.38 Å². The molecule has 27 heavy (non-hydrogen) atoms. The van der Waals surface area contributed by atoms with Crippen LogP contribution in [-0.2, 0) is 0 Å². The summed E-state index contributed by atoms with van der Waals surface area (Å²) in [6, 6.07) is 19.5. The van der Waals surface area contributed by atoms with Crippen LogP contribution in [0.2, 0.25) is 10.0 Å². The second kappa shape index (κ2) is 9.23. The van der Waals surface area contributed by atoms with E-state index in [1.807, 2.05) is 42.7 Å². The molecule has 3 rings (SSSR count). The van der Waals surface area contributed by atoms with Gasteiger partial charge in [-0.2, -0.15) is 0 Å². The molecule has 0 aliphatic carbocycles. The summed E-state index contributed by atoms with van der Waals surface area (Å²) < 4.78 is 13.0. The molecule has 0 atom stereocenters. The van der Waals surface area contributed by atoms with Gasteiger partial charge in [0, 0.05) is 15.5 Å². The number of hydrogen-bond donors (Lipinski definition) is 0. The Kier molecular flexibility index (Phi) is 6.73. The van der Waals surface area contributed by atoms with E-state index in [2.05, 4.69) is 0 Å². The molecule has 0 amide bonds.